The molecular formula is C20H26N2O2. The monoisotopic (exact) mass is 326 g/mol. The lowest BCUT2D eigenvalue weighted by Crippen LogP contribution is -2.40. The van der Waals surface area contributed by atoms with Crippen molar-refractivity contribution in [3.8, 4) is 5.75 Å². The van der Waals surface area contributed by atoms with Crippen molar-refractivity contribution in [2.75, 3.05) is 19.6 Å². The highest BCUT2D eigenvalue weighted by molar-refractivity contribution is 5.32. The summed E-state index contributed by atoms with van der Waals surface area (Å²) in [5, 5.41) is 10.6. The molecular weight excluding hydrogens is 300 g/mol. The van der Waals surface area contributed by atoms with Crippen LogP contribution in [0.25, 0.3) is 0 Å². The summed E-state index contributed by atoms with van der Waals surface area (Å²) in [6.07, 6.45) is 5.29. The zero-order chi connectivity index (χ0) is 16.9. The van der Waals surface area contributed by atoms with Gasteiger partial charge in [0.15, 0.2) is 0 Å². The Labute approximate surface area is 144 Å². The van der Waals surface area contributed by atoms with Crippen molar-refractivity contribution in [2.45, 2.75) is 38.9 Å². The third kappa shape index (κ3) is 4.34. The average Bonchev–Trinajstić information content (AvgIpc) is 2.59. The molecule has 128 valence electrons. The summed E-state index contributed by atoms with van der Waals surface area (Å²) in [6.45, 7) is 6.71. The highest BCUT2D eigenvalue weighted by Crippen LogP contribution is 2.23. The fraction of sp³-hybridized carbons (Fsp3) is 0.450. The lowest BCUT2D eigenvalue weighted by Gasteiger charge is -2.33. The maximum absolute atomic E-state index is 10.6. The summed E-state index contributed by atoms with van der Waals surface area (Å²) in [7, 11) is 0. The van der Waals surface area contributed by atoms with E-state index in [1.807, 2.05) is 12.1 Å². The SMILES string of the molecule is Cc1ccc(C)c([C@@H](O)CN2CCC(Oc3cccnc3)CC2)c1. The number of β-amino-alcohol motifs (C(OH)–C–C–N with tert-alkyl or cyclic N) is 1. The highest BCUT2D eigenvalue weighted by Gasteiger charge is 2.23. The van der Waals surface area contributed by atoms with Crippen molar-refractivity contribution in [3.05, 3.63) is 59.4 Å². The van der Waals surface area contributed by atoms with Crippen LogP contribution in [0.4, 0.5) is 0 Å². The Morgan fingerprint density at radius 2 is 2.04 bits per heavy atom. The van der Waals surface area contributed by atoms with Gasteiger partial charge < -0.3 is 14.7 Å². The number of nitrogens with zero attached hydrogens (tertiary/aromatic N) is 2. The minimum atomic E-state index is -0.430. The number of likely N-dealkylation sites (tertiary alicyclic amines) is 1. The molecule has 0 spiro atoms. The number of rotatable bonds is 5. The maximum Gasteiger partial charge on any atom is 0.137 e. The second kappa shape index (κ2) is 7.77. The molecule has 24 heavy (non-hydrogen) atoms. The number of aryl methyl sites for hydroxylation is 2. The Balaban J connectivity index is 1.51. The molecule has 1 aliphatic heterocycles. The van der Waals surface area contributed by atoms with Crippen LogP contribution in [0.5, 0.6) is 5.75 Å². The second-order valence-corrected chi connectivity index (χ2v) is 6.68. The number of piperidine rings is 1. The van der Waals surface area contributed by atoms with Gasteiger partial charge >= 0.3 is 0 Å². The van der Waals surface area contributed by atoms with E-state index in [1.54, 1.807) is 12.4 Å². The van der Waals surface area contributed by atoms with E-state index in [4.69, 9.17) is 4.74 Å². The largest absolute Gasteiger partial charge is 0.489 e. The fourth-order valence-electron chi connectivity index (χ4n) is 3.28. The van der Waals surface area contributed by atoms with Gasteiger partial charge in [0.05, 0.1) is 12.3 Å². The van der Waals surface area contributed by atoms with Crippen LogP contribution in [-0.2, 0) is 0 Å². The third-order valence-corrected chi connectivity index (χ3v) is 4.70. The first-order chi connectivity index (χ1) is 11.6. The summed E-state index contributed by atoms with van der Waals surface area (Å²) in [6, 6.07) is 10.1. The van der Waals surface area contributed by atoms with E-state index >= 15 is 0 Å². The molecule has 1 saturated heterocycles. The summed E-state index contributed by atoms with van der Waals surface area (Å²) in [4.78, 5) is 6.41. The number of hydrogen-bond acceptors (Lipinski definition) is 4. The average molecular weight is 326 g/mol. The first-order valence-electron chi connectivity index (χ1n) is 8.66. The zero-order valence-electron chi connectivity index (χ0n) is 14.5. The highest BCUT2D eigenvalue weighted by atomic mass is 16.5. The van der Waals surface area contributed by atoms with E-state index < -0.39 is 6.10 Å². The molecule has 1 N–H and O–H groups in total. The van der Waals surface area contributed by atoms with Crippen LogP contribution in [0, 0.1) is 13.8 Å². The quantitative estimate of drug-likeness (QED) is 0.916. The topological polar surface area (TPSA) is 45.6 Å². The first-order valence-corrected chi connectivity index (χ1v) is 8.66. The van der Waals surface area contributed by atoms with E-state index in [2.05, 4.69) is 41.9 Å². The molecule has 1 aromatic heterocycles. The van der Waals surface area contributed by atoms with Crippen molar-refractivity contribution in [1.29, 1.82) is 0 Å². The molecule has 3 rings (SSSR count). The number of aliphatic hydroxyl groups is 1. The molecule has 0 radical (unpaired) electrons. The predicted molar refractivity (Wildman–Crippen MR) is 95.2 cm³/mol. The van der Waals surface area contributed by atoms with Gasteiger partial charge in [0.2, 0.25) is 0 Å². The van der Waals surface area contributed by atoms with E-state index in [-0.39, 0.29) is 6.10 Å². The second-order valence-electron chi connectivity index (χ2n) is 6.68. The lowest BCUT2D eigenvalue weighted by molar-refractivity contribution is 0.0606. The van der Waals surface area contributed by atoms with E-state index in [9.17, 15) is 5.11 Å². The standard InChI is InChI=1S/C20H26N2O2/c1-15-5-6-16(2)19(12-15)20(23)14-22-10-7-17(8-11-22)24-18-4-3-9-21-13-18/h3-6,9,12-13,17,20,23H,7-8,10-11,14H2,1-2H3/t20-/m0/s1. The minimum absolute atomic E-state index is 0.239. The molecule has 1 aromatic carbocycles. The van der Waals surface area contributed by atoms with Crippen LogP contribution in [0.1, 0.15) is 35.6 Å². The van der Waals surface area contributed by atoms with Gasteiger partial charge in [-0.25, -0.2) is 0 Å². The molecule has 1 atom stereocenters. The Bertz CT molecular complexity index is 652. The van der Waals surface area contributed by atoms with E-state index in [1.165, 1.54) is 5.56 Å². The molecule has 0 amide bonds. The Morgan fingerprint density at radius 1 is 1.25 bits per heavy atom. The molecule has 4 heteroatoms. The van der Waals surface area contributed by atoms with Crippen molar-refractivity contribution in [2.24, 2.45) is 0 Å². The van der Waals surface area contributed by atoms with Crippen LogP contribution in [-0.4, -0.2) is 40.7 Å². The Hall–Kier alpha value is -1.91. The number of ether oxygens (including phenoxy) is 1. The van der Waals surface area contributed by atoms with Crippen molar-refractivity contribution < 1.29 is 9.84 Å². The van der Waals surface area contributed by atoms with E-state index in [0.29, 0.717) is 6.54 Å². The van der Waals surface area contributed by atoms with Gasteiger partial charge in [0, 0.05) is 25.8 Å². The normalized spacial score (nSPS) is 17.6. The molecule has 2 aromatic rings. The minimum Gasteiger partial charge on any atom is -0.489 e. The maximum atomic E-state index is 10.6. The van der Waals surface area contributed by atoms with E-state index in [0.717, 1.165) is 42.8 Å². The van der Waals surface area contributed by atoms with Crippen molar-refractivity contribution >= 4 is 0 Å². The fourth-order valence-corrected chi connectivity index (χ4v) is 3.28. The predicted octanol–water partition coefficient (Wildman–Crippen LogP) is 3.28. The Morgan fingerprint density at radius 3 is 2.75 bits per heavy atom. The zero-order valence-corrected chi connectivity index (χ0v) is 14.5. The number of benzene rings is 1. The van der Waals surface area contributed by atoms with Crippen LogP contribution in [0.15, 0.2) is 42.7 Å². The van der Waals surface area contributed by atoms with Crippen LogP contribution in [0.3, 0.4) is 0 Å². The summed E-state index contributed by atoms with van der Waals surface area (Å²) < 4.78 is 5.98. The van der Waals surface area contributed by atoms with Crippen LogP contribution >= 0.6 is 0 Å². The van der Waals surface area contributed by atoms with Crippen molar-refractivity contribution in [1.82, 2.24) is 9.88 Å². The summed E-state index contributed by atoms with van der Waals surface area (Å²) in [5.41, 5.74) is 3.39. The van der Waals surface area contributed by atoms with Crippen LogP contribution in [0.2, 0.25) is 0 Å². The molecule has 4 nitrogen and oxygen atoms in total. The smallest absolute Gasteiger partial charge is 0.137 e. The molecule has 0 unspecified atom stereocenters. The summed E-state index contributed by atoms with van der Waals surface area (Å²) >= 11 is 0. The molecule has 0 aliphatic carbocycles. The van der Waals surface area contributed by atoms with Gasteiger partial charge in [-0.2, -0.15) is 0 Å². The van der Waals surface area contributed by atoms with Gasteiger partial charge in [-0.3, -0.25) is 4.98 Å². The molecule has 0 bridgehead atoms. The molecule has 0 saturated carbocycles. The Kier molecular flexibility index (Phi) is 5.48. The van der Waals surface area contributed by atoms with Crippen LogP contribution < -0.4 is 4.74 Å². The summed E-state index contributed by atoms with van der Waals surface area (Å²) in [5.74, 6) is 0.839. The number of aliphatic hydroxyl groups excluding tert-OH is 1. The lowest BCUT2D eigenvalue weighted by atomic mass is 9.99. The molecule has 1 fully saturated rings. The van der Waals surface area contributed by atoms with Gasteiger partial charge in [-0.1, -0.05) is 23.8 Å². The number of hydrogen-bond donors (Lipinski definition) is 1. The van der Waals surface area contributed by atoms with Gasteiger partial charge in [-0.05, 0) is 49.9 Å². The third-order valence-electron chi connectivity index (χ3n) is 4.70. The number of pyridine rings is 1. The van der Waals surface area contributed by atoms with Gasteiger partial charge in [-0.15, -0.1) is 0 Å². The number of aromatic nitrogens is 1. The molecule has 2 heterocycles. The first kappa shape index (κ1) is 16.9. The van der Waals surface area contributed by atoms with Gasteiger partial charge in [0.1, 0.15) is 11.9 Å². The van der Waals surface area contributed by atoms with Gasteiger partial charge in [0.25, 0.3) is 0 Å². The van der Waals surface area contributed by atoms with Crippen molar-refractivity contribution in [3.63, 3.8) is 0 Å². The molecule has 1 aliphatic rings.